The predicted molar refractivity (Wildman–Crippen MR) is 139 cm³/mol. The highest BCUT2D eigenvalue weighted by Crippen LogP contribution is 2.51. The Morgan fingerprint density at radius 1 is 0.969 bits per heavy atom. The molecule has 2 unspecified atom stereocenters. The summed E-state index contributed by atoms with van der Waals surface area (Å²) in [6.07, 6.45) is 20.4. The topological polar surface area (TPSA) is 6.25 Å². The molecule has 2 heteroatoms. The van der Waals surface area contributed by atoms with Gasteiger partial charge in [-0.3, -0.25) is 0 Å². The summed E-state index contributed by atoms with van der Waals surface area (Å²) in [7, 11) is 0. The molecule has 0 N–H and O–H groups in total. The van der Waals surface area contributed by atoms with Gasteiger partial charge >= 0.3 is 0 Å². The van der Waals surface area contributed by atoms with E-state index in [0.717, 1.165) is 13.1 Å². The minimum absolute atomic E-state index is 0.0187. The minimum Gasteiger partial charge on any atom is -0.344 e. The Morgan fingerprint density at radius 3 is 2.44 bits per heavy atom. The second-order valence-electron chi connectivity index (χ2n) is 10.5. The van der Waals surface area contributed by atoms with E-state index in [1.807, 2.05) is 0 Å². The number of rotatable bonds is 5. The van der Waals surface area contributed by atoms with Crippen LogP contribution in [0.4, 0.5) is 5.69 Å². The average molecular weight is 428 g/mol. The molecule has 3 aliphatic rings. The van der Waals surface area contributed by atoms with Crippen LogP contribution in [0.2, 0.25) is 0 Å². The summed E-state index contributed by atoms with van der Waals surface area (Å²) in [5, 5.41) is 0. The van der Waals surface area contributed by atoms with Crippen molar-refractivity contribution in [2.45, 2.75) is 59.9 Å². The summed E-state index contributed by atoms with van der Waals surface area (Å²) in [5.74, 6) is 0. The van der Waals surface area contributed by atoms with Crippen molar-refractivity contribution in [2.24, 2.45) is 10.8 Å². The second-order valence-corrected chi connectivity index (χ2v) is 10.5. The van der Waals surface area contributed by atoms with E-state index in [9.17, 15) is 0 Å². The Morgan fingerprint density at radius 2 is 1.72 bits per heavy atom. The number of fused-ring (bicyclic) bond motifs is 2. The number of benzene rings is 1. The first kappa shape index (κ1) is 22.6. The maximum absolute atomic E-state index is 2.57. The van der Waals surface area contributed by atoms with Crippen molar-refractivity contribution < 1.29 is 4.58 Å². The summed E-state index contributed by atoms with van der Waals surface area (Å²) in [4.78, 5) is 2.45. The maximum atomic E-state index is 2.57. The molecule has 2 heterocycles. The Bertz CT molecular complexity index is 1070. The molecule has 0 fully saturated rings. The van der Waals surface area contributed by atoms with Crippen molar-refractivity contribution in [2.75, 3.05) is 18.0 Å². The molecule has 32 heavy (non-hydrogen) atoms. The summed E-state index contributed by atoms with van der Waals surface area (Å²) in [5.41, 5.74) is 5.75. The number of anilines is 1. The van der Waals surface area contributed by atoms with Gasteiger partial charge in [0.25, 0.3) is 0 Å². The average Bonchev–Trinajstić information content (AvgIpc) is 3.09. The van der Waals surface area contributed by atoms with Crippen LogP contribution < -0.4 is 4.90 Å². The number of likely N-dealkylation sites (N-methyl/N-ethyl adjacent to an activating group) is 2. The number of hydrogen-bond acceptors (Lipinski definition) is 1. The molecule has 2 aliphatic heterocycles. The lowest BCUT2D eigenvalue weighted by atomic mass is 9.62. The molecule has 4 rings (SSSR count). The maximum Gasteiger partial charge on any atom is 0.183 e. The second kappa shape index (κ2) is 8.06. The van der Waals surface area contributed by atoms with Crippen LogP contribution in [0.3, 0.4) is 0 Å². The van der Waals surface area contributed by atoms with Crippen LogP contribution in [0, 0.1) is 10.8 Å². The molecular weight excluding hydrogens is 388 g/mol. The lowest BCUT2D eigenvalue weighted by Crippen LogP contribution is -2.41. The number of hydrogen-bond donors (Lipinski definition) is 0. The molecular formula is C30H39N2+. The van der Waals surface area contributed by atoms with Gasteiger partial charge < -0.3 is 4.90 Å². The molecule has 168 valence electrons. The first-order chi connectivity index (χ1) is 15.2. The van der Waals surface area contributed by atoms with Crippen molar-refractivity contribution in [3.05, 3.63) is 90.2 Å². The van der Waals surface area contributed by atoms with Crippen LogP contribution in [-0.2, 0) is 5.41 Å². The van der Waals surface area contributed by atoms with Gasteiger partial charge in [0, 0.05) is 29.4 Å². The van der Waals surface area contributed by atoms with E-state index in [4.69, 9.17) is 0 Å². The lowest BCUT2D eigenvalue weighted by Gasteiger charge is -2.35. The Labute approximate surface area is 195 Å². The molecule has 0 radical (unpaired) electrons. The molecule has 0 amide bonds. The number of allylic oxidation sites excluding steroid dienone is 8. The van der Waals surface area contributed by atoms with Gasteiger partial charge in [0.1, 0.15) is 6.54 Å². The molecule has 0 aromatic heterocycles. The third kappa shape index (κ3) is 3.18. The van der Waals surface area contributed by atoms with Gasteiger partial charge in [0.15, 0.2) is 11.8 Å². The summed E-state index contributed by atoms with van der Waals surface area (Å²) in [6, 6.07) is 9.23. The van der Waals surface area contributed by atoms with Crippen LogP contribution in [-0.4, -0.2) is 29.4 Å². The van der Waals surface area contributed by atoms with Gasteiger partial charge in [0.2, 0.25) is 0 Å². The molecule has 0 bridgehead atoms. The van der Waals surface area contributed by atoms with E-state index in [1.54, 1.807) is 0 Å². The van der Waals surface area contributed by atoms with Gasteiger partial charge in [-0.15, -0.1) is 0 Å². The highest BCUT2D eigenvalue weighted by Gasteiger charge is 2.60. The van der Waals surface area contributed by atoms with E-state index >= 15 is 0 Å². The van der Waals surface area contributed by atoms with Crippen LogP contribution in [0.5, 0.6) is 0 Å². The van der Waals surface area contributed by atoms with Crippen LogP contribution in [0.1, 0.15) is 54.0 Å². The van der Waals surface area contributed by atoms with E-state index < -0.39 is 0 Å². The molecule has 2 atom stereocenters. The van der Waals surface area contributed by atoms with Gasteiger partial charge in [0.05, 0.1) is 10.8 Å². The third-order valence-corrected chi connectivity index (χ3v) is 8.28. The fraction of sp³-hybridized carbons (Fsp3) is 0.433. The predicted octanol–water partition coefficient (Wildman–Crippen LogP) is 6.81. The smallest absolute Gasteiger partial charge is 0.183 e. The SMILES string of the molecule is CCN1/C(=C/C=C/C=C/C2=[N+](CC)C3C=CC=CC3(C)C2(C)C)C(C)(C)c2ccccc21. The van der Waals surface area contributed by atoms with Crippen molar-refractivity contribution in [1.29, 1.82) is 0 Å². The first-order valence-corrected chi connectivity index (χ1v) is 12.1. The largest absolute Gasteiger partial charge is 0.344 e. The molecule has 1 aromatic carbocycles. The quantitative estimate of drug-likeness (QED) is 0.369. The van der Waals surface area contributed by atoms with Crippen LogP contribution in [0.25, 0.3) is 0 Å². The molecule has 0 spiro atoms. The fourth-order valence-corrected chi connectivity index (χ4v) is 6.02. The standard InChI is InChI=1S/C30H39N2/c1-8-31-24-18-14-13-17-23(24)28(3,4)25(31)19-11-10-12-20-26-29(5,6)30(7)22-16-15-21-27(30)32(26)9-2/h10-22,27H,8-9H2,1-7H3/q+1. The molecule has 2 nitrogen and oxygen atoms in total. The normalized spacial score (nSPS) is 29.0. The van der Waals surface area contributed by atoms with Crippen molar-refractivity contribution in [1.82, 2.24) is 0 Å². The number of para-hydroxylation sites is 1. The Hall–Kier alpha value is -2.61. The van der Waals surface area contributed by atoms with E-state index in [0.29, 0.717) is 6.04 Å². The zero-order chi connectivity index (χ0) is 23.1. The van der Waals surface area contributed by atoms with Gasteiger partial charge in [-0.1, -0.05) is 68.5 Å². The van der Waals surface area contributed by atoms with Crippen molar-refractivity contribution >= 4 is 11.4 Å². The van der Waals surface area contributed by atoms with Crippen LogP contribution in [0.15, 0.2) is 84.6 Å². The zero-order valence-electron chi connectivity index (χ0n) is 20.9. The third-order valence-electron chi connectivity index (χ3n) is 8.28. The highest BCUT2D eigenvalue weighted by atomic mass is 15.2. The van der Waals surface area contributed by atoms with Gasteiger partial charge in [-0.2, -0.15) is 0 Å². The summed E-state index contributed by atoms with van der Waals surface area (Å²) >= 11 is 0. The monoisotopic (exact) mass is 427 g/mol. The number of nitrogens with zero attached hydrogens (tertiary/aromatic N) is 2. The van der Waals surface area contributed by atoms with Gasteiger partial charge in [-0.05, 0) is 58.4 Å². The van der Waals surface area contributed by atoms with E-state index in [1.165, 1.54) is 22.7 Å². The van der Waals surface area contributed by atoms with Crippen molar-refractivity contribution in [3.8, 4) is 0 Å². The van der Waals surface area contributed by atoms with Crippen molar-refractivity contribution in [3.63, 3.8) is 0 Å². The first-order valence-electron chi connectivity index (χ1n) is 12.1. The van der Waals surface area contributed by atoms with Gasteiger partial charge in [-0.25, -0.2) is 4.58 Å². The summed E-state index contributed by atoms with van der Waals surface area (Å²) in [6.45, 7) is 18.3. The summed E-state index contributed by atoms with van der Waals surface area (Å²) < 4.78 is 2.57. The Balaban J connectivity index is 1.61. The Kier molecular flexibility index (Phi) is 5.69. The molecule has 1 aliphatic carbocycles. The highest BCUT2D eigenvalue weighted by molar-refractivity contribution is 5.98. The zero-order valence-corrected chi connectivity index (χ0v) is 20.9. The van der Waals surface area contributed by atoms with E-state index in [-0.39, 0.29) is 16.2 Å². The fourth-order valence-electron chi connectivity index (χ4n) is 6.02. The van der Waals surface area contributed by atoms with Crippen LogP contribution >= 0.6 is 0 Å². The molecule has 0 saturated carbocycles. The minimum atomic E-state index is 0.0187. The lowest BCUT2D eigenvalue weighted by molar-refractivity contribution is -0.552. The molecule has 0 saturated heterocycles. The molecule has 1 aromatic rings. The van der Waals surface area contributed by atoms with E-state index in [2.05, 4.69) is 137 Å².